The molecule has 0 bridgehead atoms. The van der Waals surface area contributed by atoms with Crippen molar-refractivity contribution in [1.29, 1.82) is 0 Å². The van der Waals surface area contributed by atoms with Gasteiger partial charge in [0.2, 0.25) is 5.95 Å². The Morgan fingerprint density at radius 2 is 2.04 bits per heavy atom. The molecule has 1 aromatic carbocycles. The number of hydrogen-bond acceptors (Lipinski definition) is 5. The van der Waals surface area contributed by atoms with Crippen molar-refractivity contribution >= 4 is 12.4 Å². The van der Waals surface area contributed by atoms with Crippen molar-refractivity contribution in [2.24, 2.45) is 0 Å². The number of carbonyl (C=O) groups excluding carboxylic acids is 1. The van der Waals surface area contributed by atoms with Gasteiger partial charge in [0.15, 0.2) is 0 Å². The van der Waals surface area contributed by atoms with Crippen molar-refractivity contribution < 1.29 is 9.53 Å². The largest absolute Gasteiger partial charge is 0.467 e. The van der Waals surface area contributed by atoms with Crippen molar-refractivity contribution in [3.05, 3.63) is 66.0 Å². The zero-order valence-corrected chi connectivity index (χ0v) is 12.3. The number of aromatic nitrogens is 3. The number of anilines is 1. The Bertz CT molecular complexity index is 786. The van der Waals surface area contributed by atoms with Crippen LogP contribution in [0, 0.1) is 0 Å². The van der Waals surface area contributed by atoms with E-state index in [9.17, 15) is 4.79 Å². The van der Waals surface area contributed by atoms with E-state index in [1.165, 1.54) is 0 Å². The van der Waals surface area contributed by atoms with Gasteiger partial charge in [0.05, 0.1) is 11.4 Å². The van der Waals surface area contributed by atoms with E-state index in [0.717, 1.165) is 16.8 Å². The van der Waals surface area contributed by atoms with Crippen LogP contribution in [0.25, 0.3) is 11.4 Å². The van der Waals surface area contributed by atoms with Gasteiger partial charge < -0.3 is 15.5 Å². The second kappa shape index (κ2) is 6.74. The normalized spacial score (nSPS) is 11.8. The fraction of sp³-hybridized carbons (Fsp3) is 0.118. The van der Waals surface area contributed by atoms with E-state index < -0.39 is 0 Å². The molecule has 23 heavy (non-hydrogen) atoms. The lowest BCUT2D eigenvalue weighted by Crippen LogP contribution is -2.08. The van der Waals surface area contributed by atoms with E-state index in [1.54, 1.807) is 12.3 Å². The molecule has 0 aliphatic rings. The molecule has 6 nitrogen and oxygen atoms in total. The van der Waals surface area contributed by atoms with Crippen LogP contribution in [-0.4, -0.2) is 28.0 Å². The van der Waals surface area contributed by atoms with E-state index in [4.69, 9.17) is 10.5 Å². The van der Waals surface area contributed by atoms with Crippen molar-refractivity contribution in [1.82, 2.24) is 15.0 Å². The summed E-state index contributed by atoms with van der Waals surface area (Å²) >= 11 is 0. The summed E-state index contributed by atoms with van der Waals surface area (Å²) in [6.45, 7) is 0.741. The first-order valence-corrected chi connectivity index (χ1v) is 7.15. The molecule has 3 aromatic rings. The molecule has 0 spiro atoms. The summed E-state index contributed by atoms with van der Waals surface area (Å²) in [6, 6.07) is 13.7. The van der Waals surface area contributed by atoms with Gasteiger partial charge in [-0.3, -0.25) is 4.79 Å². The van der Waals surface area contributed by atoms with Gasteiger partial charge in [-0.05, 0) is 23.3 Å². The Morgan fingerprint density at radius 1 is 1.22 bits per heavy atom. The first-order valence-electron chi connectivity index (χ1n) is 7.15. The van der Waals surface area contributed by atoms with Crippen LogP contribution in [0.3, 0.4) is 0 Å². The summed E-state index contributed by atoms with van der Waals surface area (Å²) in [5.41, 5.74) is 9.25. The van der Waals surface area contributed by atoms with Crippen LogP contribution in [0.15, 0.2) is 54.9 Å². The van der Waals surface area contributed by atoms with Crippen molar-refractivity contribution in [3.63, 3.8) is 0 Å². The topological polar surface area (TPSA) is 93.9 Å². The second-order valence-electron chi connectivity index (χ2n) is 5.04. The number of benzene rings is 1. The quantitative estimate of drug-likeness (QED) is 0.682. The lowest BCUT2D eigenvalue weighted by Gasteiger charge is -2.14. The van der Waals surface area contributed by atoms with Crippen LogP contribution in [0.2, 0.25) is 0 Å². The molecular formula is C17H16N4O2. The van der Waals surface area contributed by atoms with Gasteiger partial charge in [0, 0.05) is 18.3 Å². The highest BCUT2D eigenvalue weighted by atomic mass is 16.5. The average molecular weight is 308 g/mol. The summed E-state index contributed by atoms with van der Waals surface area (Å²) in [4.78, 5) is 21.8. The molecule has 1 unspecified atom stereocenters. The molecule has 116 valence electrons. The average Bonchev–Trinajstić information content (AvgIpc) is 3.06. The van der Waals surface area contributed by atoms with Crippen molar-refractivity contribution in [3.8, 4) is 11.4 Å². The van der Waals surface area contributed by atoms with Crippen LogP contribution < -0.4 is 5.73 Å². The molecule has 3 rings (SSSR count). The Morgan fingerprint density at radius 3 is 2.78 bits per heavy atom. The van der Waals surface area contributed by atoms with E-state index in [-0.39, 0.29) is 18.5 Å². The van der Waals surface area contributed by atoms with Crippen LogP contribution in [0.4, 0.5) is 5.95 Å². The highest BCUT2D eigenvalue weighted by molar-refractivity contribution is 5.57. The maximum Gasteiger partial charge on any atom is 0.293 e. The first-order chi connectivity index (χ1) is 11.3. The second-order valence-corrected chi connectivity index (χ2v) is 5.04. The maximum absolute atomic E-state index is 10.6. The summed E-state index contributed by atoms with van der Waals surface area (Å²) in [6.07, 6.45) is 3.50. The molecule has 0 saturated heterocycles. The van der Waals surface area contributed by atoms with Gasteiger partial charge in [-0.1, -0.05) is 30.3 Å². The molecule has 0 aliphatic carbocycles. The molecule has 1 atom stereocenters. The minimum absolute atomic E-state index is 0.0504. The third-order valence-electron chi connectivity index (χ3n) is 3.59. The number of ether oxygens (including phenoxy) is 1. The highest BCUT2D eigenvalue weighted by Crippen LogP contribution is 2.28. The number of nitrogen functional groups attached to an aromatic ring is 1. The first kappa shape index (κ1) is 14.8. The van der Waals surface area contributed by atoms with Gasteiger partial charge in [-0.2, -0.15) is 0 Å². The van der Waals surface area contributed by atoms with Gasteiger partial charge in [-0.25, -0.2) is 9.97 Å². The number of nitrogens with two attached hydrogens (primary N) is 1. The smallest absolute Gasteiger partial charge is 0.293 e. The predicted octanol–water partition coefficient (Wildman–Crippen LogP) is 2.36. The lowest BCUT2D eigenvalue weighted by atomic mass is 9.94. The Labute approximate surface area is 133 Å². The van der Waals surface area contributed by atoms with Crippen molar-refractivity contribution in [2.45, 2.75) is 5.92 Å². The molecule has 0 saturated carbocycles. The number of rotatable bonds is 6. The SMILES string of the molecule is Nc1nccc(-c2cc(C(COC=O)c3ccccc3)c[nH]2)n1. The number of H-pyrrole nitrogens is 1. The van der Waals surface area contributed by atoms with E-state index in [0.29, 0.717) is 12.2 Å². The summed E-state index contributed by atoms with van der Waals surface area (Å²) in [5.74, 6) is 0.174. The maximum atomic E-state index is 10.6. The third kappa shape index (κ3) is 3.37. The Balaban J connectivity index is 1.93. The molecular weight excluding hydrogens is 292 g/mol. The number of aromatic amines is 1. The van der Waals surface area contributed by atoms with E-state index >= 15 is 0 Å². The fourth-order valence-electron chi connectivity index (χ4n) is 2.49. The number of nitrogens with one attached hydrogen (secondary N) is 1. The van der Waals surface area contributed by atoms with Gasteiger partial charge >= 0.3 is 0 Å². The summed E-state index contributed by atoms with van der Waals surface area (Å²) in [7, 11) is 0. The molecule has 6 heteroatoms. The summed E-state index contributed by atoms with van der Waals surface area (Å²) < 4.78 is 5.00. The third-order valence-corrected chi connectivity index (χ3v) is 3.59. The van der Waals surface area contributed by atoms with Crippen molar-refractivity contribution in [2.75, 3.05) is 12.3 Å². The molecule has 0 aliphatic heterocycles. The molecule has 3 N–H and O–H groups in total. The zero-order valence-electron chi connectivity index (χ0n) is 12.3. The monoisotopic (exact) mass is 308 g/mol. The predicted molar refractivity (Wildman–Crippen MR) is 86.5 cm³/mol. The summed E-state index contributed by atoms with van der Waals surface area (Å²) in [5, 5.41) is 0. The van der Waals surface area contributed by atoms with E-state index in [2.05, 4.69) is 15.0 Å². The standard InChI is InChI=1S/C17H16N4O2/c18-17-19-7-6-15(21-17)16-8-13(9-20-16)14(10-23-11-22)12-4-2-1-3-5-12/h1-9,11,14,20H,10H2,(H2,18,19,21). The minimum Gasteiger partial charge on any atom is -0.467 e. The van der Waals surface area contributed by atoms with Crippen LogP contribution in [0.1, 0.15) is 17.0 Å². The van der Waals surface area contributed by atoms with E-state index in [1.807, 2.05) is 42.6 Å². The van der Waals surface area contributed by atoms with Crippen LogP contribution in [0.5, 0.6) is 0 Å². The lowest BCUT2D eigenvalue weighted by molar-refractivity contribution is -0.128. The number of nitrogens with zero attached hydrogens (tertiary/aromatic N) is 2. The minimum atomic E-state index is -0.0504. The van der Waals surface area contributed by atoms with Gasteiger partial charge in [-0.15, -0.1) is 0 Å². The Hall–Kier alpha value is -3.15. The molecule has 2 aromatic heterocycles. The fourth-order valence-corrected chi connectivity index (χ4v) is 2.49. The highest BCUT2D eigenvalue weighted by Gasteiger charge is 2.17. The van der Waals surface area contributed by atoms with Gasteiger partial charge in [0.1, 0.15) is 6.61 Å². The van der Waals surface area contributed by atoms with Crippen LogP contribution >= 0.6 is 0 Å². The number of hydrogen-bond donors (Lipinski definition) is 2. The molecule has 0 fully saturated rings. The molecule has 0 amide bonds. The van der Waals surface area contributed by atoms with Gasteiger partial charge in [0.25, 0.3) is 6.47 Å². The molecule has 0 radical (unpaired) electrons. The zero-order chi connectivity index (χ0) is 16.1. The van der Waals surface area contributed by atoms with Crippen LogP contribution in [-0.2, 0) is 9.53 Å². The number of carbonyl (C=O) groups is 1. The molecule has 2 heterocycles. The Kier molecular flexibility index (Phi) is 4.33.